The lowest BCUT2D eigenvalue weighted by Gasteiger charge is -2.37. The number of aryl methyl sites for hydroxylation is 2. The van der Waals surface area contributed by atoms with Gasteiger partial charge in [0, 0.05) is 0 Å². The zero-order valence-corrected chi connectivity index (χ0v) is 13.8. The fourth-order valence-corrected chi connectivity index (χ4v) is 3.69. The molecular formula is C19H30O2. The van der Waals surface area contributed by atoms with Crippen LogP contribution >= 0.6 is 0 Å². The molecule has 0 heterocycles. The molecule has 1 N–H and O–H groups in total. The Morgan fingerprint density at radius 1 is 0.952 bits per heavy atom. The van der Waals surface area contributed by atoms with Crippen LogP contribution in [0.4, 0.5) is 0 Å². The molecule has 1 aromatic carbocycles. The number of aliphatic hydroxyl groups is 1. The first kappa shape index (κ1) is 16.4. The van der Waals surface area contributed by atoms with Crippen LogP contribution in [0.5, 0.6) is 5.75 Å². The third-order valence-corrected chi connectivity index (χ3v) is 5.23. The van der Waals surface area contributed by atoms with E-state index in [0.29, 0.717) is 0 Å². The largest absolute Gasteiger partial charge is 0.497 e. The Bertz CT molecular complexity index is 441. The molecule has 0 aromatic heterocycles. The molecule has 2 nitrogen and oxygen atoms in total. The van der Waals surface area contributed by atoms with Gasteiger partial charge in [-0.15, -0.1) is 0 Å². The van der Waals surface area contributed by atoms with E-state index in [1.54, 1.807) is 7.11 Å². The molecule has 2 aliphatic carbocycles. The van der Waals surface area contributed by atoms with Gasteiger partial charge in [0.1, 0.15) is 5.75 Å². The lowest BCUT2D eigenvalue weighted by molar-refractivity contribution is 0.0491. The van der Waals surface area contributed by atoms with Crippen molar-refractivity contribution >= 4 is 0 Å². The van der Waals surface area contributed by atoms with Crippen LogP contribution in [-0.4, -0.2) is 18.3 Å². The van der Waals surface area contributed by atoms with Gasteiger partial charge in [0.25, 0.3) is 0 Å². The molecule has 0 bridgehead atoms. The van der Waals surface area contributed by atoms with E-state index in [4.69, 9.17) is 4.74 Å². The predicted octanol–water partition coefficient (Wildman–Crippen LogP) is 4.65. The number of aliphatic hydroxyl groups excluding tert-OH is 1. The van der Waals surface area contributed by atoms with Gasteiger partial charge in [0.15, 0.2) is 0 Å². The summed E-state index contributed by atoms with van der Waals surface area (Å²) in [6.45, 7) is 4.17. The van der Waals surface area contributed by atoms with Crippen molar-refractivity contribution in [2.45, 2.75) is 64.9 Å². The van der Waals surface area contributed by atoms with Gasteiger partial charge < -0.3 is 9.84 Å². The molecule has 0 amide bonds. The average Bonchev–Trinajstić information content (AvgIpc) is 2.50. The molecule has 3 rings (SSSR count). The quantitative estimate of drug-likeness (QED) is 0.816. The van der Waals surface area contributed by atoms with Crippen LogP contribution in [0, 0.1) is 25.7 Å². The Balaban J connectivity index is 0.000000155. The minimum atomic E-state index is 0.0364. The van der Waals surface area contributed by atoms with E-state index < -0.39 is 0 Å². The first-order valence-electron chi connectivity index (χ1n) is 8.39. The molecule has 0 radical (unpaired) electrons. The molecular weight excluding hydrogens is 260 g/mol. The zero-order chi connectivity index (χ0) is 15.2. The molecule has 0 spiro atoms. The van der Waals surface area contributed by atoms with E-state index in [-0.39, 0.29) is 6.10 Å². The molecule has 3 unspecified atom stereocenters. The second kappa shape index (κ2) is 7.84. The smallest absolute Gasteiger partial charge is 0.119 e. The summed E-state index contributed by atoms with van der Waals surface area (Å²) in [5.41, 5.74) is 2.58. The van der Waals surface area contributed by atoms with Gasteiger partial charge in [-0.05, 0) is 68.2 Å². The fraction of sp³-hybridized carbons (Fsp3) is 0.684. The van der Waals surface area contributed by atoms with Crippen molar-refractivity contribution < 1.29 is 9.84 Å². The normalized spacial score (nSPS) is 28.1. The number of fused-ring (bicyclic) bond motifs is 1. The van der Waals surface area contributed by atoms with Crippen molar-refractivity contribution in [2.75, 3.05) is 7.11 Å². The van der Waals surface area contributed by atoms with Gasteiger partial charge in [-0.3, -0.25) is 0 Å². The Labute approximate surface area is 129 Å². The summed E-state index contributed by atoms with van der Waals surface area (Å²) >= 11 is 0. The maximum absolute atomic E-state index is 9.45. The summed E-state index contributed by atoms with van der Waals surface area (Å²) in [6, 6.07) is 6.08. The monoisotopic (exact) mass is 290 g/mol. The van der Waals surface area contributed by atoms with Crippen LogP contribution in [0.1, 0.15) is 56.1 Å². The summed E-state index contributed by atoms with van der Waals surface area (Å²) < 4.78 is 5.05. The minimum Gasteiger partial charge on any atom is -0.497 e. The minimum absolute atomic E-state index is 0.0364. The van der Waals surface area contributed by atoms with Crippen LogP contribution in [0.25, 0.3) is 0 Å². The van der Waals surface area contributed by atoms with Crippen molar-refractivity contribution in [2.24, 2.45) is 11.8 Å². The molecule has 2 fully saturated rings. The maximum atomic E-state index is 9.45. The number of hydrogen-bond acceptors (Lipinski definition) is 2. The van der Waals surface area contributed by atoms with Crippen LogP contribution in [0.15, 0.2) is 18.2 Å². The number of hydrogen-bond donors (Lipinski definition) is 1. The highest BCUT2D eigenvalue weighted by Crippen LogP contribution is 2.40. The molecule has 21 heavy (non-hydrogen) atoms. The maximum Gasteiger partial charge on any atom is 0.119 e. The van der Waals surface area contributed by atoms with E-state index in [9.17, 15) is 5.11 Å². The van der Waals surface area contributed by atoms with Gasteiger partial charge in [0.2, 0.25) is 0 Å². The SMILES string of the molecule is COc1ccc(C)c(C)c1.OC1CCC2CCCCC2C1. The summed E-state index contributed by atoms with van der Waals surface area (Å²) in [6.07, 6.45) is 9.19. The van der Waals surface area contributed by atoms with Crippen LogP contribution in [0.3, 0.4) is 0 Å². The van der Waals surface area contributed by atoms with Crippen molar-refractivity contribution in [1.29, 1.82) is 0 Å². The molecule has 0 aliphatic heterocycles. The van der Waals surface area contributed by atoms with Gasteiger partial charge in [-0.2, -0.15) is 0 Å². The lowest BCUT2D eigenvalue weighted by atomic mass is 9.70. The zero-order valence-electron chi connectivity index (χ0n) is 13.8. The van der Waals surface area contributed by atoms with Gasteiger partial charge in [-0.1, -0.05) is 31.7 Å². The highest BCUT2D eigenvalue weighted by molar-refractivity contribution is 5.33. The predicted molar refractivity (Wildman–Crippen MR) is 87.8 cm³/mol. The van der Waals surface area contributed by atoms with Gasteiger partial charge in [0.05, 0.1) is 13.2 Å². The summed E-state index contributed by atoms with van der Waals surface area (Å²) in [5.74, 6) is 2.79. The standard InChI is InChI=1S/C10H18O.C9H12O/c11-10-6-5-8-3-1-2-4-9(8)7-10;1-7-4-5-9(10-3)6-8(7)2/h8-11H,1-7H2;4-6H,1-3H3. The Hall–Kier alpha value is -1.02. The molecule has 2 aliphatic rings. The van der Waals surface area contributed by atoms with E-state index in [1.807, 2.05) is 12.1 Å². The van der Waals surface area contributed by atoms with Crippen molar-refractivity contribution in [3.63, 3.8) is 0 Å². The number of rotatable bonds is 1. The second-order valence-electron chi connectivity index (χ2n) is 6.72. The Kier molecular flexibility index (Phi) is 6.10. The third-order valence-electron chi connectivity index (χ3n) is 5.23. The number of ether oxygens (including phenoxy) is 1. The summed E-state index contributed by atoms with van der Waals surface area (Å²) in [4.78, 5) is 0. The van der Waals surface area contributed by atoms with E-state index in [0.717, 1.165) is 30.4 Å². The number of methoxy groups -OCH3 is 1. The van der Waals surface area contributed by atoms with Crippen LogP contribution in [0.2, 0.25) is 0 Å². The summed E-state index contributed by atoms with van der Waals surface area (Å²) in [7, 11) is 1.68. The molecule has 2 heteroatoms. The highest BCUT2D eigenvalue weighted by atomic mass is 16.5. The van der Waals surface area contributed by atoms with Crippen molar-refractivity contribution in [3.05, 3.63) is 29.3 Å². The first-order valence-corrected chi connectivity index (χ1v) is 8.39. The molecule has 1 aromatic rings. The van der Waals surface area contributed by atoms with Crippen molar-refractivity contribution in [3.8, 4) is 5.75 Å². The summed E-state index contributed by atoms with van der Waals surface area (Å²) in [5, 5.41) is 9.45. The lowest BCUT2D eigenvalue weighted by Crippen LogP contribution is -2.29. The number of benzene rings is 1. The van der Waals surface area contributed by atoms with Gasteiger partial charge in [-0.25, -0.2) is 0 Å². The Morgan fingerprint density at radius 2 is 1.67 bits per heavy atom. The molecule has 3 atom stereocenters. The highest BCUT2D eigenvalue weighted by Gasteiger charge is 2.30. The molecule has 118 valence electrons. The van der Waals surface area contributed by atoms with Gasteiger partial charge >= 0.3 is 0 Å². The van der Waals surface area contributed by atoms with Crippen molar-refractivity contribution in [1.82, 2.24) is 0 Å². The average molecular weight is 290 g/mol. The van der Waals surface area contributed by atoms with E-state index in [1.165, 1.54) is 43.2 Å². The second-order valence-corrected chi connectivity index (χ2v) is 6.72. The topological polar surface area (TPSA) is 29.5 Å². The third kappa shape index (κ3) is 4.74. The van der Waals surface area contributed by atoms with Crippen LogP contribution in [-0.2, 0) is 0 Å². The Morgan fingerprint density at radius 3 is 2.33 bits per heavy atom. The molecule has 0 saturated heterocycles. The van der Waals surface area contributed by atoms with E-state index in [2.05, 4.69) is 19.9 Å². The molecule has 2 saturated carbocycles. The van der Waals surface area contributed by atoms with E-state index >= 15 is 0 Å². The van der Waals surface area contributed by atoms with Crippen LogP contribution < -0.4 is 4.74 Å². The first-order chi connectivity index (χ1) is 10.1. The fourth-order valence-electron chi connectivity index (χ4n) is 3.69.